The van der Waals surface area contributed by atoms with Gasteiger partial charge in [0.25, 0.3) is 17.7 Å². The summed E-state index contributed by atoms with van der Waals surface area (Å²) in [7, 11) is 1.51. The summed E-state index contributed by atoms with van der Waals surface area (Å²) in [6.07, 6.45) is 5.10. The molecule has 1 aromatic carbocycles. The highest BCUT2D eigenvalue weighted by molar-refractivity contribution is 5.95. The van der Waals surface area contributed by atoms with Crippen LogP contribution in [0.1, 0.15) is 16.8 Å². The quantitative estimate of drug-likeness (QED) is 0.650. The van der Waals surface area contributed by atoms with Gasteiger partial charge >= 0.3 is 0 Å². The van der Waals surface area contributed by atoms with Gasteiger partial charge in [0.1, 0.15) is 12.4 Å². The zero-order valence-corrected chi connectivity index (χ0v) is 14.6. The smallest absolute Gasteiger partial charge is 0.278 e. The first kappa shape index (κ1) is 16.9. The van der Waals surface area contributed by atoms with Crippen molar-refractivity contribution in [1.82, 2.24) is 35.1 Å². The van der Waals surface area contributed by atoms with Crippen LogP contribution in [-0.4, -0.2) is 67.3 Å². The number of rotatable bonds is 5. The normalized spacial score (nSPS) is 16.3. The molecule has 0 aliphatic carbocycles. The summed E-state index contributed by atoms with van der Waals surface area (Å²) in [6, 6.07) is 7.18. The summed E-state index contributed by atoms with van der Waals surface area (Å²) in [4.78, 5) is 22.8. The zero-order valence-electron chi connectivity index (χ0n) is 14.6. The van der Waals surface area contributed by atoms with Gasteiger partial charge in [-0.05, 0) is 28.6 Å². The molecule has 1 atom stereocenters. The maximum atomic E-state index is 12.8. The molecule has 1 unspecified atom stereocenters. The molecule has 10 heteroatoms. The molecule has 0 saturated carbocycles. The van der Waals surface area contributed by atoms with Crippen molar-refractivity contribution >= 4 is 5.91 Å². The van der Waals surface area contributed by atoms with Crippen molar-refractivity contribution in [2.45, 2.75) is 12.5 Å². The molecule has 0 spiro atoms. The first-order valence-corrected chi connectivity index (χ1v) is 8.39. The number of hydrogen-bond acceptors (Lipinski definition) is 8. The second-order valence-electron chi connectivity index (χ2n) is 5.96. The Morgan fingerprint density at radius 2 is 2.07 bits per heavy atom. The van der Waals surface area contributed by atoms with Gasteiger partial charge in [0, 0.05) is 30.9 Å². The lowest BCUT2D eigenvalue weighted by atomic mass is 10.2. The van der Waals surface area contributed by atoms with E-state index in [4.69, 9.17) is 9.47 Å². The van der Waals surface area contributed by atoms with Crippen LogP contribution < -0.4 is 9.47 Å². The molecule has 27 heavy (non-hydrogen) atoms. The summed E-state index contributed by atoms with van der Waals surface area (Å²) >= 11 is 0. The van der Waals surface area contributed by atoms with Crippen molar-refractivity contribution in [1.29, 1.82) is 0 Å². The number of likely N-dealkylation sites (tertiary alicyclic amines) is 1. The largest absolute Gasteiger partial charge is 0.477 e. The number of aromatic nitrogens is 6. The van der Waals surface area contributed by atoms with Crippen LogP contribution in [-0.2, 0) is 0 Å². The van der Waals surface area contributed by atoms with E-state index in [1.807, 2.05) is 6.07 Å². The van der Waals surface area contributed by atoms with Crippen molar-refractivity contribution in [3.8, 4) is 17.4 Å². The van der Waals surface area contributed by atoms with Gasteiger partial charge in [-0.3, -0.25) is 4.79 Å². The van der Waals surface area contributed by atoms with E-state index in [0.29, 0.717) is 36.8 Å². The molecule has 1 aliphatic heterocycles. The van der Waals surface area contributed by atoms with E-state index >= 15 is 0 Å². The topological polar surface area (TPSA) is 108 Å². The third-order valence-corrected chi connectivity index (χ3v) is 4.24. The van der Waals surface area contributed by atoms with E-state index < -0.39 is 0 Å². The molecule has 10 nitrogen and oxygen atoms in total. The third-order valence-electron chi connectivity index (χ3n) is 4.24. The van der Waals surface area contributed by atoms with Crippen LogP contribution in [0.3, 0.4) is 0 Å². The van der Waals surface area contributed by atoms with Gasteiger partial charge in [0.2, 0.25) is 0 Å². The van der Waals surface area contributed by atoms with Crippen molar-refractivity contribution in [3.63, 3.8) is 0 Å². The predicted molar refractivity (Wildman–Crippen MR) is 92.7 cm³/mol. The van der Waals surface area contributed by atoms with E-state index in [1.165, 1.54) is 24.3 Å². The average Bonchev–Trinajstić information content (AvgIpc) is 3.40. The highest BCUT2D eigenvalue weighted by atomic mass is 16.5. The highest BCUT2D eigenvalue weighted by Gasteiger charge is 2.29. The first-order chi connectivity index (χ1) is 13.2. The van der Waals surface area contributed by atoms with Gasteiger partial charge in [-0.2, -0.15) is 0 Å². The molecule has 1 aliphatic rings. The number of tetrazole rings is 1. The van der Waals surface area contributed by atoms with Crippen LogP contribution in [0.15, 0.2) is 43.0 Å². The molecule has 0 bridgehead atoms. The fourth-order valence-electron chi connectivity index (χ4n) is 2.94. The number of ether oxygens (including phenoxy) is 2. The van der Waals surface area contributed by atoms with Crippen LogP contribution in [0.2, 0.25) is 0 Å². The molecular weight excluding hydrogens is 350 g/mol. The number of methoxy groups -OCH3 is 1. The lowest BCUT2D eigenvalue weighted by Crippen LogP contribution is -2.31. The van der Waals surface area contributed by atoms with Crippen molar-refractivity contribution in [3.05, 3.63) is 48.5 Å². The summed E-state index contributed by atoms with van der Waals surface area (Å²) in [6.45, 7) is 1.06. The molecule has 4 rings (SSSR count). The number of amides is 1. The van der Waals surface area contributed by atoms with Crippen LogP contribution in [0.25, 0.3) is 5.69 Å². The SMILES string of the molecule is COc1nccnc1OC1CCN(C(=O)c2cccc(-n3cnnn3)c2)C1. The Hall–Kier alpha value is -3.56. The number of hydrogen-bond donors (Lipinski definition) is 0. The minimum atomic E-state index is -0.165. The van der Waals surface area contributed by atoms with Crippen LogP contribution >= 0.6 is 0 Å². The second-order valence-corrected chi connectivity index (χ2v) is 5.96. The average molecular weight is 367 g/mol. The first-order valence-electron chi connectivity index (χ1n) is 8.39. The number of nitrogens with zero attached hydrogens (tertiary/aromatic N) is 7. The summed E-state index contributed by atoms with van der Waals surface area (Å²) in [5.74, 6) is 0.596. The summed E-state index contributed by atoms with van der Waals surface area (Å²) in [5, 5.41) is 11.1. The van der Waals surface area contributed by atoms with Gasteiger partial charge in [0.15, 0.2) is 0 Å². The Balaban J connectivity index is 1.44. The van der Waals surface area contributed by atoms with Gasteiger partial charge < -0.3 is 14.4 Å². The second kappa shape index (κ2) is 7.36. The summed E-state index contributed by atoms with van der Waals surface area (Å²) < 4.78 is 12.5. The molecule has 0 N–H and O–H groups in total. The van der Waals surface area contributed by atoms with Crippen molar-refractivity contribution < 1.29 is 14.3 Å². The van der Waals surface area contributed by atoms with E-state index in [2.05, 4.69) is 25.5 Å². The minimum Gasteiger partial charge on any atom is -0.477 e. The predicted octanol–water partition coefficient (Wildman–Crippen LogP) is 0.754. The van der Waals surface area contributed by atoms with Crippen LogP contribution in [0.5, 0.6) is 11.8 Å². The Morgan fingerprint density at radius 3 is 2.85 bits per heavy atom. The highest BCUT2D eigenvalue weighted by Crippen LogP contribution is 2.24. The Kier molecular flexibility index (Phi) is 4.60. The fourth-order valence-corrected chi connectivity index (χ4v) is 2.94. The number of benzene rings is 1. The fraction of sp³-hybridized carbons (Fsp3) is 0.294. The Morgan fingerprint density at radius 1 is 1.22 bits per heavy atom. The number of carbonyl (C=O) groups excluding carboxylic acids is 1. The molecule has 3 aromatic rings. The van der Waals surface area contributed by atoms with Crippen LogP contribution in [0.4, 0.5) is 0 Å². The molecule has 2 aromatic heterocycles. The summed E-state index contributed by atoms with van der Waals surface area (Å²) in [5.41, 5.74) is 1.29. The van der Waals surface area contributed by atoms with E-state index in [0.717, 1.165) is 5.69 Å². The maximum Gasteiger partial charge on any atom is 0.278 e. The molecule has 1 saturated heterocycles. The Bertz CT molecular complexity index is 932. The van der Waals surface area contributed by atoms with Gasteiger partial charge in [-0.15, -0.1) is 5.10 Å². The van der Waals surface area contributed by atoms with Crippen LogP contribution in [0, 0.1) is 0 Å². The van der Waals surface area contributed by atoms with Crippen molar-refractivity contribution in [2.24, 2.45) is 0 Å². The lowest BCUT2D eigenvalue weighted by molar-refractivity contribution is 0.0770. The van der Waals surface area contributed by atoms with Gasteiger partial charge in [-0.25, -0.2) is 14.6 Å². The van der Waals surface area contributed by atoms with Gasteiger partial charge in [0.05, 0.1) is 19.3 Å². The van der Waals surface area contributed by atoms with E-state index in [9.17, 15) is 4.79 Å². The Labute approximate surface area is 154 Å². The molecule has 1 amide bonds. The van der Waals surface area contributed by atoms with E-state index in [-0.39, 0.29) is 12.0 Å². The molecule has 1 fully saturated rings. The van der Waals surface area contributed by atoms with Gasteiger partial charge in [-0.1, -0.05) is 6.07 Å². The lowest BCUT2D eigenvalue weighted by Gasteiger charge is -2.17. The van der Waals surface area contributed by atoms with E-state index in [1.54, 1.807) is 29.3 Å². The number of carbonyl (C=O) groups is 1. The zero-order chi connectivity index (χ0) is 18.6. The molecule has 0 radical (unpaired) electrons. The maximum absolute atomic E-state index is 12.8. The molecule has 3 heterocycles. The minimum absolute atomic E-state index is 0.0675. The third kappa shape index (κ3) is 3.54. The standard InChI is InChI=1S/C17H17N7O3/c1-26-15-16(19-7-6-18-15)27-14-5-8-23(10-14)17(25)12-3-2-4-13(9-12)24-11-20-21-22-24/h2-4,6-7,9,11,14H,5,8,10H2,1H3. The molecular formula is C17H17N7O3. The van der Waals surface area contributed by atoms with Crippen molar-refractivity contribution in [2.75, 3.05) is 20.2 Å². The molecule has 138 valence electrons. The monoisotopic (exact) mass is 367 g/mol.